The monoisotopic (exact) mass is 638 g/mol. The van der Waals surface area contributed by atoms with Crippen LogP contribution < -0.4 is 15.5 Å². The summed E-state index contributed by atoms with van der Waals surface area (Å²) in [5.74, 6) is -2.54. The molecule has 0 aromatic heterocycles. The number of aliphatic hydroxyl groups excluding tert-OH is 1. The number of rotatable bonds is 13. The van der Waals surface area contributed by atoms with Crippen molar-refractivity contribution in [2.75, 3.05) is 29.9 Å². The zero-order valence-electron chi connectivity index (χ0n) is 27.5. The molecule has 2 unspecified atom stereocenters. The van der Waals surface area contributed by atoms with Gasteiger partial charge in [-0.3, -0.25) is 14.4 Å². The van der Waals surface area contributed by atoms with Crippen LogP contribution in [-0.2, 0) is 32.1 Å². The van der Waals surface area contributed by atoms with Crippen molar-refractivity contribution >= 4 is 29.1 Å². The van der Waals surface area contributed by atoms with Crippen LogP contribution in [0.3, 0.4) is 0 Å². The van der Waals surface area contributed by atoms with Gasteiger partial charge in [0.15, 0.2) is 0 Å². The van der Waals surface area contributed by atoms with Crippen molar-refractivity contribution < 1.29 is 24.2 Å². The van der Waals surface area contributed by atoms with E-state index in [1.54, 1.807) is 4.90 Å². The van der Waals surface area contributed by atoms with Crippen molar-refractivity contribution in [3.05, 3.63) is 96.1 Å². The van der Waals surface area contributed by atoms with E-state index in [2.05, 4.69) is 29.4 Å². The second-order valence-corrected chi connectivity index (χ2v) is 13.0. The lowest BCUT2D eigenvalue weighted by atomic mass is 9.65. The van der Waals surface area contributed by atoms with Crippen molar-refractivity contribution in [3.63, 3.8) is 0 Å². The minimum absolute atomic E-state index is 0.243. The highest BCUT2D eigenvalue weighted by Gasteiger charge is 2.79. The summed E-state index contributed by atoms with van der Waals surface area (Å²) in [6.07, 6.45) is 1.93. The standard InChI is InChI=1S/C38H46N4O5/c1-4-37-21-22-38(47-37)32(31(37)34(44)39-24-27-15-11-8-12-16-27)36(46)42(30(25-43)23-26-13-9-7-10-14-26)33(38)35(45)40-28-17-19-29(20-18-28)41(5-2)6-3/h7-20,30-33,43H,4-6,21-25H2,1-3H3,(H,39,44)(H,40,45)/t30-,31+,32+,33?,37-,38?/m1/s1. The molecule has 0 aliphatic carbocycles. The second kappa shape index (κ2) is 13.5. The molecular weight excluding hydrogens is 592 g/mol. The Hall–Kier alpha value is -4.21. The van der Waals surface area contributed by atoms with E-state index in [9.17, 15) is 19.5 Å². The number of hydrogen-bond acceptors (Lipinski definition) is 6. The molecule has 3 aromatic rings. The fourth-order valence-corrected chi connectivity index (χ4v) is 8.33. The van der Waals surface area contributed by atoms with Crippen LogP contribution in [0.15, 0.2) is 84.9 Å². The highest BCUT2D eigenvalue weighted by atomic mass is 16.5. The topological polar surface area (TPSA) is 111 Å². The molecule has 3 aliphatic rings. The number of amides is 3. The molecular formula is C38H46N4O5. The van der Waals surface area contributed by atoms with E-state index >= 15 is 0 Å². The molecule has 3 amide bonds. The van der Waals surface area contributed by atoms with Crippen LogP contribution >= 0.6 is 0 Å². The molecule has 3 N–H and O–H groups in total. The Kier molecular flexibility index (Phi) is 9.39. The lowest BCUT2D eigenvalue weighted by Crippen LogP contribution is -2.57. The first-order valence-corrected chi connectivity index (χ1v) is 17.0. The molecule has 1 spiro atoms. The molecule has 6 atom stereocenters. The van der Waals surface area contributed by atoms with Crippen molar-refractivity contribution in [1.29, 1.82) is 0 Å². The molecule has 2 bridgehead atoms. The van der Waals surface area contributed by atoms with Crippen LogP contribution in [0, 0.1) is 11.8 Å². The predicted octanol–water partition coefficient (Wildman–Crippen LogP) is 4.55. The van der Waals surface area contributed by atoms with E-state index in [4.69, 9.17) is 4.74 Å². The van der Waals surface area contributed by atoms with Gasteiger partial charge in [-0.2, -0.15) is 0 Å². The van der Waals surface area contributed by atoms with E-state index in [-0.39, 0.29) is 24.3 Å². The second-order valence-electron chi connectivity index (χ2n) is 13.0. The molecule has 3 aromatic carbocycles. The van der Waals surface area contributed by atoms with Crippen LogP contribution in [0.2, 0.25) is 0 Å². The summed E-state index contributed by atoms with van der Waals surface area (Å²) < 4.78 is 6.93. The van der Waals surface area contributed by atoms with Crippen LogP contribution in [0.1, 0.15) is 51.2 Å². The van der Waals surface area contributed by atoms with Gasteiger partial charge in [-0.15, -0.1) is 0 Å². The predicted molar refractivity (Wildman–Crippen MR) is 182 cm³/mol. The Morgan fingerprint density at radius 2 is 1.55 bits per heavy atom. The SMILES string of the molecule is CCN(CC)c1ccc(NC(=O)C2N([C@@H](CO)Cc3ccccc3)C(=O)[C@@H]3[C@@H](C(=O)NCc4ccccc4)[C@@]4(CC)CCC23O4)cc1. The third-order valence-corrected chi connectivity index (χ3v) is 10.6. The Balaban J connectivity index is 1.35. The average molecular weight is 639 g/mol. The summed E-state index contributed by atoms with van der Waals surface area (Å²) in [5.41, 5.74) is 1.50. The van der Waals surface area contributed by atoms with Crippen molar-refractivity contribution in [2.24, 2.45) is 11.8 Å². The summed E-state index contributed by atoms with van der Waals surface area (Å²) in [4.78, 5) is 47.1. The summed E-state index contributed by atoms with van der Waals surface area (Å²) >= 11 is 0. The number of aliphatic hydroxyl groups is 1. The van der Waals surface area contributed by atoms with Crippen LogP contribution in [0.4, 0.5) is 11.4 Å². The van der Waals surface area contributed by atoms with Crippen LogP contribution in [0.5, 0.6) is 0 Å². The van der Waals surface area contributed by atoms with Crippen LogP contribution in [0.25, 0.3) is 0 Å². The van der Waals surface area contributed by atoms with Crippen molar-refractivity contribution in [3.8, 4) is 0 Å². The van der Waals surface area contributed by atoms with Gasteiger partial charge in [-0.1, -0.05) is 67.6 Å². The summed E-state index contributed by atoms with van der Waals surface area (Å²) in [7, 11) is 0. The van der Waals surface area contributed by atoms with Gasteiger partial charge in [-0.25, -0.2) is 0 Å². The lowest BCUT2D eigenvalue weighted by molar-refractivity contribution is -0.149. The number of fused-ring (bicyclic) bond motifs is 1. The fraction of sp³-hybridized carbons (Fsp3) is 0.447. The van der Waals surface area contributed by atoms with Gasteiger partial charge < -0.3 is 30.3 Å². The maximum Gasteiger partial charge on any atom is 0.250 e. The normalized spacial score (nSPS) is 26.6. The number of benzene rings is 3. The first kappa shape index (κ1) is 32.7. The van der Waals surface area contributed by atoms with Gasteiger partial charge in [0.25, 0.3) is 0 Å². The first-order chi connectivity index (χ1) is 22.8. The summed E-state index contributed by atoms with van der Waals surface area (Å²) in [6.45, 7) is 7.91. The maximum absolute atomic E-state index is 14.7. The van der Waals surface area contributed by atoms with Gasteiger partial charge in [0.05, 0.1) is 30.1 Å². The molecule has 47 heavy (non-hydrogen) atoms. The van der Waals surface area contributed by atoms with E-state index in [0.717, 1.165) is 29.9 Å². The largest absolute Gasteiger partial charge is 0.394 e. The molecule has 9 nitrogen and oxygen atoms in total. The third kappa shape index (κ3) is 5.80. The van der Waals surface area contributed by atoms with Crippen molar-refractivity contribution in [1.82, 2.24) is 10.2 Å². The first-order valence-electron chi connectivity index (χ1n) is 17.0. The Morgan fingerprint density at radius 3 is 2.15 bits per heavy atom. The quantitative estimate of drug-likeness (QED) is 0.254. The summed E-state index contributed by atoms with van der Waals surface area (Å²) in [6, 6.07) is 25.3. The highest BCUT2D eigenvalue weighted by Crippen LogP contribution is 2.64. The molecule has 6 rings (SSSR count). The molecule has 0 saturated carbocycles. The van der Waals surface area contributed by atoms with Gasteiger partial charge in [0.2, 0.25) is 17.7 Å². The van der Waals surface area contributed by atoms with E-state index < -0.39 is 35.1 Å². The van der Waals surface area contributed by atoms with E-state index in [0.29, 0.717) is 37.9 Å². The lowest BCUT2D eigenvalue weighted by Gasteiger charge is -2.37. The molecule has 3 heterocycles. The summed E-state index contributed by atoms with van der Waals surface area (Å²) in [5, 5.41) is 16.9. The Morgan fingerprint density at radius 1 is 0.915 bits per heavy atom. The number of likely N-dealkylation sites (tertiary alicyclic amines) is 1. The number of anilines is 2. The third-order valence-electron chi connectivity index (χ3n) is 10.6. The minimum Gasteiger partial charge on any atom is -0.394 e. The maximum atomic E-state index is 14.7. The Bertz CT molecular complexity index is 1560. The smallest absolute Gasteiger partial charge is 0.250 e. The van der Waals surface area contributed by atoms with E-state index in [1.165, 1.54) is 0 Å². The molecule has 9 heteroatoms. The zero-order chi connectivity index (χ0) is 33.2. The number of ether oxygens (including phenoxy) is 1. The number of hydrogen-bond donors (Lipinski definition) is 3. The molecule has 248 valence electrons. The average Bonchev–Trinajstić information content (AvgIpc) is 3.71. The van der Waals surface area contributed by atoms with Gasteiger partial charge in [0, 0.05) is 31.0 Å². The van der Waals surface area contributed by atoms with Gasteiger partial charge in [0.1, 0.15) is 11.6 Å². The fourth-order valence-electron chi connectivity index (χ4n) is 8.33. The molecule has 0 radical (unpaired) electrons. The minimum atomic E-state index is -1.20. The number of carbonyl (C=O) groups excluding carboxylic acids is 3. The Labute approximate surface area is 277 Å². The van der Waals surface area contributed by atoms with Gasteiger partial charge in [-0.05, 0) is 74.9 Å². The number of carbonyl (C=O) groups is 3. The van der Waals surface area contributed by atoms with Crippen LogP contribution in [-0.4, -0.2) is 70.7 Å². The molecule has 3 fully saturated rings. The molecule has 3 saturated heterocycles. The molecule has 3 aliphatic heterocycles. The number of nitrogens with one attached hydrogen (secondary N) is 2. The van der Waals surface area contributed by atoms with E-state index in [1.807, 2.05) is 91.9 Å². The zero-order valence-corrected chi connectivity index (χ0v) is 27.5. The highest BCUT2D eigenvalue weighted by molar-refractivity contribution is 6.04. The van der Waals surface area contributed by atoms with Gasteiger partial charge >= 0.3 is 0 Å². The van der Waals surface area contributed by atoms with Crippen molar-refractivity contribution in [2.45, 2.75) is 76.3 Å². The number of nitrogens with zero attached hydrogens (tertiary/aromatic N) is 2.